The summed E-state index contributed by atoms with van der Waals surface area (Å²) < 4.78 is 0. The van der Waals surface area contributed by atoms with E-state index in [0.717, 1.165) is 5.57 Å². The number of rotatable bonds is 1. The van der Waals surface area contributed by atoms with Gasteiger partial charge in [-0.05, 0) is 12.5 Å². The quantitative estimate of drug-likeness (QED) is 0.357. The molecule has 0 saturated carbocycles. The Morgan fingerprint density at radius 2 is 2.00 bits per heavy atom. The second kappa shape index (κ2) is 2.20. The minimum Gasteiger partial charge on any atom is -0.192 e. The van der Waals surface area contributed by atoms with E-state index in [1.165, 1.54) is 0 Å². The topological polar surface area (TPSA) is 23.8 Å². The van der Waals surface area contributed by atoms with Crippen LogP contribution in [0.4, 0.5) is 0 Å². The minimum absolute atomic E-state index is 0.458. The molecule has 0 aliphatic carbocycles. The predicted octanol–water partition coefficient (Wildman–Crippen LogP) is 1.64. The van der Waals surface area contributed by atoms with Crippen LogP contribution in [-0.4, -0.2) is 0 Å². The third-order valence-electron chi connectivity index (χ3n) is 0.650. The van der Waals surface area contributed by atoms with Crippen molar-refractivity contribution >= 4 is 0 Å². The number of hydrogen-bond donors (Lipinski definition) is 0. The van der Waals surface area contributed by atoms with E-state index < -0.39 is 0 Å². The molecule has 0 aliphatic rings. The first kappa shape index (κ1) is 5.97. The van der Waals surface area contributed by atoms with Gasteiger partial charge in [0.25, 0.3) is 0 Å². The van der Waals surface area contributed by atoms with E-state index in [1.54, 1.807) is 6.92 Å². The Morgan fingerprint density at radius 1 is 1.57 bits per heavy atom. The maximum absolute atomic E-state index is 8.09. The van der Waals surface area contributed by atoms with Gasteiger partial charge in [0.15, 0.2) is 0 Å². The molecular weight excluding hydrogens is 86.1 g/mol. The van der Waals surface area contributed by atoms with Crippen molar-refractivity contribution in [1.29, 1.82) is 5.26 Å². The Morgan fingerprint density at radius 3 is 2.00 bits per heavy atom. The van der Waals surface area contributed by atoms with Crippen molar-refractivity contribution in [3.05, 3.63) is 24.3 Å². The first-order valence-electron chi connectivity index (χ1n) is 1.93. The molecule has 0 amide bonds. The zero-order valence-electron chi connectivity index (χ0n) is 4.36. The molecule has 0 N–H and O–H groups in total. The van der Waals surface area contributed by atoms with Gasteiger partial charge in [-0.3, -0.25) is 0 Å². The highest BCUT2D eigenvalue weighted by Gasteiger charge is 1.85. The average Bonchev–Trinajstić information content (AvgIpc) is 1.65. The van der Waals surface area contributed by atoms with Gasteiger partial charge in [-0.2, -0.15) is 5.26 Å². The van der Waals surface area contributed by atoms with Crippen molar-refractivity contribution in [2.75, 3.05) is 0 Å². The lowest BCUT2D eigenvalue weighted by Crippen LogP contribution is -1.71. The molecule has 0 aliphatic heterocycles. The summed E-state index contributed by atoms with van der Waals surface area (Å²) in [7, 11) is 0. The van der Waals surface area contributed by atoms with Gasteiger partial charge in [0.2, 0.25) is 0 Å². The molecule has 1 nitrogen and oxygen atoms in total. The van der Waals surface area contributed by atoms with Crippen molar-refractivity contribution in [1.82, 2.24) is 0 Å². The van der Waals surface area contributed by atoms with Crippen molar-refractivity contribution in [2.45, 2.75) is 6.92 Å². The van der Waals surface area contributed by atoms with Crippen molar-refractivity contribution in [3.8, 4) is 6.07 Å². The molecule has 36 valence electrons. The Labute approximate surface area is 43.6 Å². The monoisotopic (exact) mass is 93.1 g/mol. The summed E-state index contributed by atoms with van der Waals surface area (Å²) in [6.07, 6.45) is 0. The maximum atomic E-state index is 8.09. The molecular formula is C6H7N. The molecule has 0 aromatic rings. The summed E-state index contributed by atoms with van der Waals surface area (Å²) in [5.74, 6) is 0. The van der Waals surface area contributed by atoms with Crippen LogP contribution < -0.4 is 0 Å². The summed E-state index contributed by atoms with van der Waals surface area (Å²) in [4.78, 5) is 0. The van der Waals surface area contributed by atoms with E-state index in [4.69, 9.17) is 5.26 Å². The lowest BCUT2D eigenvalue weighted by atomic mass is 10.2. The van der Waals surface area contributed by atoms with E-state index in [0.29, 0.717) is 5.57 Å². The zero-order valence-corrected chi connectivity index (χ0v) is 4.36. The van der Waals surface area contributed by atoms with Crippen LogP contribution in [0, 0.1) is 11.3 Å². The van der Waals surface area contributed by atoms with Crippen LogP contribution in [-0.2, 0) is 0 Å². The molecule has 0 atom stereocenters. The third-order valence-corrected chi connectivity index (χ3v) is 0.650. The van der Waals surface area contributed by atoms with E-state index in [9.17, 15) is 0 Å². The van der Waals surface area contributed by atoms with E-state index in [2.05, 4.69) is 13.2 Å². The number of allylic oxidation sites excluding steroid dienone is 2. The lowest BCUT2D eigenvalue weighted by Gasteiger charge is -1.84. The summed E-state index contributed by atoms with van der Waals surface area (Å²) >= 11 is 0. The van der Waals surface area contributed by atoms with Gasteiger partial charge < -0.3 is 0 Å². The Kier molecular flexibility index (Phi) is 1.87. The smallest absolute Gasteiger partial charge is 0.0987 e. The fourth-order valence-electron chi connectivity index (χ4n) is 0.0954. The van der Waals surface area contributed by atoms with Crippen molar-refractivity contribution < 1.29 is 0 Å². The van der Waals surface area contributed by atoms with Crippen LogP contribution in [0.15, 0.2) is 24.3 Å². The number of nitriles is 1. The molecule has 0 saturated heterocycles. The standard InChI is InChI=1S/C6H7N/c1-5(2)6(3)4-7/h1,3H2,2H3. The van der Waals surface area contributed by atoms with Gasteiger partial charge in [0.1, 0.15) is 0 Å². The molecule has 0 aromatic heterocycles. The fourth-order valence-corrected chi connectivity index (χ4v) is 0.0954. The molecule has 7 heavy (non-hydrogen) atoms. The Hall–Kier alpha value is -1.03. The molecule has 0 aromatic carbocycles. The van der Waals surface area contributed by atoms with Gasteiger partial charge in [0.05, 0.1) is 6.07 Å². The highest BCUT2D eigenvalue weighted by molar-refractivity contribution is 5.35. The third kappa shape index (κ3) is 1.77. The molecule has 0 rings (SSSR count). The van der Waals surface area contributed by atoms with Crippen LogP contribution >= 0.6 is 0 Å². The fraction of sp³-hybridized carbons (Fsp3) is 0.167. The van der Waals surface area contributed by atoms with Gasteiger partial charge in [-0.15, -0.1) is 0 Å². The first-order chi connectivity index (χ1) is 3.18. The highest BCUT2D eigenvalue weighted by Crippen LogP contribution is 1.98. The predicted molar refractivity (Wildman–Crippen MR) is 29.6 cm³/mol. The van der Waals surface area contributed by atoms with E-state index >= 15 is 0 Å². The van der Waals surface area contributed by atoms with Crippen LogP contribution in [0.5, 0.6) is 0 Å². The summed E-state index contributed by atoms with van der Waals surface area (Å²) in [6.45, 7) is 8.67. The molecule has 1 heteroatoms. The van der Waals surface area contributed by atoms with Gasteiger partial charge >= 0.3 is 0 Å². The van der Waals surface area contributed by atoms with E-state index in [-0.39, 0.29) is 0 Å². The highest BCUT2D eigenvalue weighted by atomic mass is 14.2. The summed E-state index contributed by atoms with van der Waals surface area (Å²) in [5, 5.41) is 8.09. The van der Waals surface area contributed by atoms with Gasteiger partial charge in [-0.1, -0.05) is 13.2 Å². The SMILES string of the molecule is C=C(C)C(=C)C#N. The van der Waals surface area contributed by atoms with Crippen LogP contribution in [0.1, 0.15) is 6.92 Å². The van der Waals surface area contributed by atoms with Crippen LogP contribution in [0.3, 0.4) is 0 Å². The largest absolute Gasteiger partial charge is 0.192 e. The minimum atomic E-state index is 0.458. The number of nitrogens with zero attached hydrogens (tertiary/aromatic N) is 1. The van der Waals surface area contributed by atoms with Gasteiger partial charge in [-0.25, -0.2) is 0 Å². The molecule has 0 heterocycles. The molecule has 0 radical (unpaired) electrons. The summed E-state index contributed by atoms with van der Waals surface area (Å²) in [6, 6.07) is 1.87. The molecule has 0 spiro atoms. The maximum Gasteiger partial charge on any atom is 0.0987 e. The van der Waals surface area contributed by atoms with Gasteiger partial charge in [0, 0.05) is 5.57 Å². The van der Waals surface area contributed by atoms with Crippen LogP contribution in [0.25, 0.3) is 0 Å². The van der Waals surface area contributed by atoms with Crippen molar-refractivity contribution in [2.24, 2.45) is 0 Å². The van der Waals surface area contributed by atoms with E-state index in [1.807, 2.05) is 6.07 Å². The first-order valence-corrected chi connectivity index (χ1v) is 1.93. The average molecular weight is 93.1 g/mol. The zero-order chi connectivity index (χ0) is 5.86. The second-order valence-corrected chi connectivity index (χ2v) is 1.37. The van der Waals surface area contributed by atoms with Crippen LogP contribution in [0.2, 0.25) is 0 Å². The van der Waals surface area contributed by atoms with Crippen molar-refractivity contribution in [3.63, 3.8) is 0 Å². The molecule has 0 fully saturated rings. The Bertz CT molecular complexity index is 137. The lowest BCUT2D eigenvalue weighted by molar-refractivity contribution is 1.43. The summed E-state index contributed by atoms with van der Waals surface area (Å²) in [5.41, 5.74) is 1.20. The second-order valence-electron chi connectivity index (χ2n) is 1.37. The molecule has 0 unspecified atom stereocenters. The Balaban J connectivity index is 3.90. The normalized spacial score (nSPS) is 6.86. The molecule has 0 bridgehead atoms. The number of hydrogen-bond acceptors (Lipinski definition) is 1.